The van der Waals surface area contributed by atoms with Crippen molar-refractivity contribution < 1.29 is 14.3 Å². The molecule has 5 nitrogen and oxygen atoms in total. The maximum Gasteiger partial charge on any atom is 0.325 e. The predicted octanol–water partition coefficient (Wildman–Crippen LogP) is 3.15. The molecule has 7 heteroatoms. The molecule has 1 saturated carbocycles. The van der Waals surface area contributed by atoms with Crippen molar-refractivity contribution >= 4 is 34.8 Å². The number of nitrogens with one attached hydrogen (secondary N) is 1. The van der Waals surface area contributed by atoms with Crippen LogP contribution in [0.2, 0.25) is 5.02 Å². The molecule has 1 heterocycles. The van der Waals surface area contributed by atoms with Gasteiger partial charge < -0.3 is 10.1 Å². The van der Waals surface area contributed by atoms with Crippen molar-refractivity contribution in [3.05, 3.63) is 40.4 Å². The molecule has 0 saturated heterocycles. The van der Waals surface area contributed by atoms with Crippen molar-refractivity contribution in [2.24, 2.45) is 5.92 Å². The summed E-state index contributed by atoms with van der Waals surface area (Å²) in [7, 11) is 0. The Morgan fingerprint density at radius 3 is 2.74 bits per heavy atom. The minimum atomic E-state index is -0.418. The molecule has 0 bridgehead atoms. The van der Waals surface area contributed by atoms with Gasteiger partial charge in [-0.2, -0.15) is 0 Å². The van der Waals surface area contributed by atoms with Crippen molar-refractivity contribution in [3.8, 4) is 10.6 Å². The van der Waals surface area contributed by atoms with Gasteiger partial charge in [0.05, 0.1) is 6.61 Å². The van der Waals surface area contributed by atoms with Crippen molar-refractivity contribution in [2.75, 3.05) is 13.2 Å². The van der Waals surface area contributed by atoms with Gasteiger partial charge in [0.2, 0.25) is 0 Å². The van der Waals surface area contributed by atoms with E-state index < -0.39 is 5.97 Å². The number of benzene rings is 1. The molecule has 0 radical (unpaired) electrons. The smallest absolute Gasteiger partial charge is 0.325 e. The van der Waals surface area contributed by atoms with Gasteiger partial charge in [-0.3, -0.25) is 9.59 Å². The van der Waals surface area contributed by atoms with Crippen LogP contribution < -0.4 is 5.32 Å². The summed E-state index contributed by atoms with van der Waals surface area (Å²) in [6.07, 6.45) is 2.23. The Hall–Kier alpha value is -1.92. The summed E-state index contributed by atoms with van der Waals surface area (Å²) in [5.41, 5.74) is 1.18. The number of rotatable bonds is 6. The standard InChI is InChI=1S/C16H15ClN2O3S/c17-12-5-3-11(4-6-12)16-19-13(9-23-16)15(21)18-7-14(20)22-8-10-1-2-10/h3-6,9-10H,1-2,7-8H2,(H,18,21). The molecule has 1 fully saturated rings. The quantitative estimate of drug-likeness (QED) is 0.812. The van der Waals surface area contributed by atoms with Crippen LogP contribution in [0.4, 0.5) is 0 Å². The summed E-state index contributed by atoms with van der Waals surface area (Å²) in [5, 5.41) is 5.56. The molecule has 1 aliphatic carbocycles. The lowest BCUT2D eigenvalue weighted by Crippen LogP contribution is -2.31. The number of hydrogen-bond donors (Lipinski definition) is 1. The number of carbonyl (C=O) groups is 2. The second kappa shape index (κ2) is 7.10. The molecule has 1 N–H and O–H groups in total. The van der Waals surface area contributed by atoms with Crippen LogP contribution in [0.15, 0.2) is 29.6 Å². The fraction of sp³-hybridized carbons (Fsp3) is 0.312. The van der Waals surface area contributed by atoms with E-state index in [1.54, 1.807) is 17.5 Å². The highest BCUT2D eigenvalue weighted by Gasteiger charge is 2.23. The summed E-state index contributed by atoms with van der Waals surface area (Å²) in [6.45, 7) is 0.311. The SMILES string of the molecule is O=C(CNC(=O)c1csc(-c2ccc(Cl)cc2)n1)OCC1CC1. The Bertz CT molecular complexity index is 710. The van der Waals surface area contributed by atoms with Crippen molar-refractivity contribution in [3.63, 3.8) is 0 Å². The van der Waals surface area contributed by atoms with E-state index in [0.717, 1.165) is 23.4 Å². The summed E-state index contributed by atoms with van der Waals surface area (Å²) in [5.74, 6) is -0.293. The van der Waals surface area contributed by atoms with Crippen LogP contribution in [0.3, 0.4) is 0 Å². The van der Waals surface area contributed by atoms with E-state index in [-0.39, 0.29) is 18.1 Å². The van der Waals surface area contributed by atoms with Gasteiger partial charge in [0.25, 0.3) is 5.91 Å². The Balaban J connectivity index is 1.53. The van der Waals surface area contributed by atoms with E-state index in [9.17, 15) is 9.59 Å². The van der Waals surface area contributed by atoms with Gasteiger partial charge in [0.1, 0.15) is 17.2 Å². The van der Waals surface area contributed by atoms with E-state index in [1.807, 2.05) is 12.1 Å². The minimum absolute atomic E-state index is 0.140. The number of esters is 1. The third kappa shape index (κ3) is 4.53. The second-order valence-electron chi connectivity index (χ2n) is 5.35. The molecule has 2 aromatic rings. The van der Waals surface area contributed by atoms with E-state index >= 15 is 0 Å². The zero-order valence-corrected chi connectivity index (χ0v) is 13.8. The highest BCUT2D eigenvalue weighted by Crippen LogP contribution is 2.28. The molecule has 1 aromatic carbocycles. The Kier molecular flexibility index (Phi) is 4.93. The topological polar surface area (TPSA) is 68.3 Å². The lowest BCUT2D eigenvalue weighted by Gasteiger charge is -2.04. The Morgan fingerprint density at radius 1 is 1.30 bits per heavy atom. The average molecular weight is 351 g/mol. The summed E-state index contributed by atoms with van der Waals surface area (Å²) in [6, 6.07) is 7.23. The number of thiazole rings is 1. The molecule has 23 heavy (non-hydrogen) atoms. The van der Waals surface area contributed by atoms with Crippen LogP contribution in [0.5, 0.6) is 0 Å². The van der Waals surface area contributed by atoms with E-state index in [1.165, 1.54) is 11.3 Å². The molecule has 0 aliphatic heterocycles. The van der Waals surface area contributed by atoms with Crippen molar-refractivity contribution in [2.45, 2.75) is 12.8 Å². The van der Waals surface area contributed by atoms with Crippen LogP contribution >= 0.6 is 22.9 Å². The maximum absolute atomic E-state index is 12.0. The van der Waals surface area contributed by atoms with Crippen LogP contribution in [0.25, 0.3) is 10.6 Å². The highest BCUT2D eigenvalue weighted by atomic mass is 35.5. The Labute approximate surface area is 142 Å². The molecular formula is C16H15ClN2O3S. The third-order valence-corrected chi connectivity index (χ3v) is 4.54. The number of ether oxygens (including phenoxy) is 1. The van der Waals surface area contributed by atoms with Gasteiger partial charge in [-0.15, -0.1) is 11.3 Å². The largest absolute Gasteiger partial charge is 0.464 e. The fourth-order valence-corrected chi connectivity index (χ4v) is 2.82. The average Bonchev–Trinajstić information content (AvgIpc) is 3.26. The molecule has 1 amide bonds. The van der Waals surface area contributed by atoms with Crippen molar-refractivity contribution in [1.29, 1.82) is 0 Å². The van der Waals surface area contributed by atoms with E-state index in [4.69, 9.17) is 16.3 Å². The number of amides is 1. The molecule has 0 unspecified atom stereocenters. The van der Waals surface area contributed by atoms with E-state index in [2.05, 4.69) is 10.3 Å². The molecule has 1 aliphatic rings. The third-order valence-electron chi connectivity index (χ3n) is 3.40. The van der Waals surface area contributed by atoms with Gasteiger partial charge in [-0.25, -0.2) is 4.98 Å². The number of nitrogens with zero attached hydrogens (tertiary/aromatic N) is 1. The number of hydrogen-bond acceptors (Lipinski definition) is 5. The van der Waals surface area contributed by atoms with Crippen LogP contribution in [-0.2, 0) is 9.53 Å². The molecular weight excluding hydrogens is 336 g/mol. The Morgan fingerprint density at radius 2 is 2.04 bits per heavy atom. The van der Waals surface area contributed by atoms with Gasteiger partial charge in [0, 0.05) is 16.0 Å². The highest BCUT2D eigenvalue weighted by molar-refractivity contribution is 7.13. The first-order valence-corrected chi connectivity index (χ1v) is 8.53. The van der Waals surface area contributed by atoms with Crippen LogP contribution in [0, 0.1) is 5.92 Å². The predicted molar refractivity (Wildman–Crippen MR) is 88.6 cm³/mol. The van der Waals surface area contributed by atoms with E-state index in [0.29, 0.717) is 17.5 Å². The number of halogens is 1. The molecule has 3 rings (SSSR count). The first kappa shape index (κ1) is 16.0. The summed E-state index contributed by atoms with van der Waals surface area (Å²) in [4.78, 5) is 27.8. The first-order valence-electron chi connectivity index (χ1n) is 7.27. The normalized spacial score (nSPS) is 13.6. The van der Waals surface area contributed by atoms with Gasteiger partial charge in [-0.1, -0.05) is 23.7 Å². The number of carbonyl (C=O) groups excluding carboxylic acids is 2. The first-order chi connectivity index (χ1) is 11.1. The molecule has 0 atom stereocenters. The fourth-order valence-electron chi connectivity index (χ4n) is 1.89. The zero-order chi connectivity index (χ0) is 16.2. The lowest BCUT2D eigenvalue weighted by molar-refractivity contribution is -0.142. The summed E-state index contributed by atoms with van der Waals surface area (Å²) < 4.78 is 5.05. The monoisotopic (exact) mass is 350 g/mol. The molecule has 1 aromatic heterocycles. The van der Waals surface area contributed by atoms with Gasteiger partial charge >= 0.3 is 5.97 Å². The zero-order valence-electron chi connectivity index (χ0n) is 12.3. The summed E-state index contributed by atoms with van der Waals surface area (Å²) >= 11 is 7.21. The second-order valence-corrected chi connectivity index (χ2v) is 6.65. The van der Waals surface area contributed by atoms with Crippen LogP contribution in [0.1, 0.15) is 23.3 Å². The molecule has 0 spiro atoms. The van der Waals surface area contributed by atoms with Crippen molar-refractivity contribution in [1.82, 2.24) is 10.3 Å². The lowest BCUT2D eigenvalue weighted by atomic mass is 10.2. The maximum atomic E-state index is 12.0. The van der Waals surface area contributed by atoms with Gasteiger partial charge in [0.15, 0.2) is 0 Å². The van der Waals surface area contributed by atoms with Crippen LogP contribution in [-0.4, -0.2) is 30.0 Å². The number of aromatic nitrogens is 1. The minimum Gasteiger partial charge on any atom is -0.464 e. The van der Waals surface area contributed by atoms with Gasteiger partial charge in [-0.05, 0) is 30.9 Å². The molecule has 120 valence electrons.